The van der Waals surface area contributed by atoms with Gasteiger partial charge in [-0.15, -0.1) is 0 Å². The summed E-state index contributed by atoms with van der Waals surface area (Å²) in [6.45, 7) is 0.889. The lowest BCUT2D eigenvalue weighted by molar-refractivity contribution is 0.110. The molecule has 0 spiro atoms. The molecule has 2 aromatic rings. The molecule has 0 saturated heterocycles. The summed E-state index contributed by atoms with van der Waals surface area (Å²) in [5.41, 5.74) is 6.48. The third-order valence-electron chi connectivity index (χ3n) is 2.70. The highest BCUT2D eigenvalue weighted by Crippen LogP contribution is 2.07. The average molecular weight is 262 g/mol. The van der Waals surface area contributed by atoms with E-state index in [2.05, 4.69) is 0 Å². The van der Waals surface area contributed by atoms with Crippen LogP contribution in [0.5, 0.6) is 0 Å². The van der Waals surface area contributed by atoms with E-state index in [1.807, 2.05) is 0 Å². The van der Waals surface area contributed by atoms with Crippen molar-refractivity contribution in [2.24, 2.45) is 0 Å². The Bertz CT molecular complexity index is 610. The van der Waals surface area contributed by atoms with Crippen LogP contribution in [-0.4, -0.2) is 11.2 Å². The maximum absolute atomic E-state index is 13.3. The fourth-order valence-corrected chi connectivity index (χ4v) is 1.69. The first-order chi connectivity index (χ1) is 9.16. The summed E-state index contributed by atoms with van der Waals surface area (Å²) in [7, 11) is 0. The number of benzene rings is 1. The normalized spacial score (nSPS) is 10.6. The van der Waals surface area contributed by atoms with E-state index < -0.39 is 0 Å². The molecule has 19 heavy (non-hydrogen) atoms. The van der Waals surface area contributed by atoms with Gasteiger partial charge in [-0.2, -0.15) is 0 Å². The zero-order valence-corrected chi connectivity index (χ0v) is 10.4. The molecule has 2 rings (SSSR count). The van der Waals surface area contributed by atoms with E-state index in [0.29, 0.717) is 24.4 Å². The summed E-state index contributed by atoms with van der Waals surface area (Å²) in [5.74, 6) is -0.288. The minimum Gasteiger partial charge on any atom is -0.398 e. The van der Waals surface area contributed by atoms with Crippen LogP contribution in [-0.2, 0) is 17.9 Å². The van der Waals surface area contributed by atoms with Gasteiger partial charge < -0.3 is 15.0 Å². The number of nitrogens with zero attached hydrogens (tertiary/aromatic N) is 1. The molecule has 4 nitrogen and oxygen atoms in total. The lowest BCUT2D eigenvalue weighted by atomic mass is 10.2. The zero-order chi connectivity index (χ0) is 13.7. The molecular formula is C14H15FN2O2. The highest BCUT2D eigenvalue weighted by atomic mass is 19.1. The van der Waals surface area contributed by atoms with Gasteiger partial charge in [-0.3, -0.25) is 4.79 Å². The number of aromatic nitrogens is 1. The van der Waals surface area contributed by atoms with Gasteiger partial charge in [0.2, 0.25) is 0 Å². The van der Waals surface area contributed by atoms with Crippen molar-refractivity contribution < 1.29 is 9.13 Å². The molecule has 5 heteroatoms. The van der Waals surface area contributed by atoms with E-state index in [0.717, 1.165) is 0 Å². The molecule has 0 saturated carbocycles. The summed E-state index contributed by atoms with van der Waals surface area (Å²) in [5, 5.41) is 0. The number of nitrogens with two attached hydrogens (primary N) is 1. The van der Waals surface area contributed by atoms with Gasteiger partial charge in [0.15, 0.2) is 0 Å². The van der Waals surface area contributed by atoms with E-state index in [-0.39, 0.29) is 18.0 Å². The molecule has 0 aliphatic carbocycles. The summed E-state index contributed by atoms with van der Waals surface area (Å²) < 4.78 is 20.1. The van der Waals surface area contributed by atoms with Crippen molar-refractivity contribution in [1.29, 1.82) is 0 Å². The van der Waals surface area contributed by atoms with Crippen LogP contribution in [0, 0.1) is 5.82 Å². The van der Waals surface area contributed by atoms with Gasteiger partial charge in [-0.1, -0.05) is 18.2 Å². The molecular weight excluding hydrogens is 247 g/mol. The van der Waals surface area contributed by atoms with Crippen LogP contribution in [0.2, 0.25) is 0 Å². The molecule has 0 unspecified atom stereocenters. The molecule has 0 bridgehead atoms. The van der Waals surface area contributed by atoms with Gasteiger partial charge in [0.25, 0.3) is 5.56 Å². The van der Waals surface area contributed by atoms with Crippen LogP contribution in [0.4, 0.5) is 10.1 Å². The third-order valence-corrected chi connectivity index (χ3v) is 2.70. The number of halogens is 1. The van der Waals surface area contributed by atoms with Crippen LogP contribution < -0.4 is 11.3 Å². The SMILES string of the molecule is Nc1ccc(=O)n(CCOCc2ccccc2F)c1. The van der Waals surface area contributed by atoms with E-state index >= 15 is 0 Å². The van der Waals surface area contributed by atoms with Crippen LogP contribution in [0.25, 0.3) is 0 Å². The van der Waals surface area contributed by atoms with Crippen molar-refractivity contribution in [1.82, 2.24) is 4.57 Å². The van der Waals surface area contributed by atoms with E-state index in [9.17, 15) is 9.18 Å². The fraction of sp³-hybridized carbons (Fsp3) is 0.214. The maximum atomic E-state index is 13.3. The van der Waals surface area contributed by atoms with Crippen molar-refractivity contribution in [2.75, 3.05) is 12.3 Å². The number of pyridine rings is 1. The topological polar surface area (TPSA) is 57.2 Å². The van der Waals surface area contributed by atoms with Gasteiger partial charge in [-0.05, 0) is 12.1 Å². The zero-order valence-electron chi connectivity index (χ0n) is 10.4. The Morgan fingerprint density at radius 1 is 1.21 bits per heavy atom. The second-order valence-corrected chi connectivity index (χ2v) is 4.14. The molecule has 0 atom stereocenters. The Labute approximate surface area is 110 Å². The first-order valence-electron chi connectivity index (χ1n) is 5.94. The number of ether oxygens (including phenoxy) is 1. The second-order valence-electron chi connectivity index (χ2n) is 4.14. The molecule has 1 aromatic heterocycles. The molecule has 100 valence electrons. The Hall–Kier alpha value is -2.14. The smallest absolute Gasteiger partial charge is 0.250 e. The lowest BCUT2D eigenvalue weighted by Gasteiger charge is -2.08. The van der Waals surface area contributed by atoms with Crippen LogP contribution in [0.1, 0.15) is 5.56 Å². The van der Waals surface area contributed by atoms with Crippen LogP contribution in [0.3, 0.4) is 0 Å². The summed E-state index contributed by atoms with van der Waals surface area (Å²) in [6.07, 6.45) is 1.56. The van der Waals surface area contributed by atoms with E-state index in [1.165, 1.54) is 16.7 Å². The summed E-state index contributed by atoms with van der Waals surface area (Å²) >= 11 is 0. The van der Waals surface area contributed by atoms with Gasteiger partial charge in [0, 0.05) is 30.1 Å². The third kappa shape index (κ3) is 3.66. The Balaban J connectivity index is 1.86. The first-order valence-corrected chi connectivity index (χ1v) is 5.94. The lowest BCUT2D eigenvalue weighted by Crippen LogP contribution is -2.21. The predicted molar refractivity (Wildman–Crippen MR) is 71.2 cm³/mol. The molecule has 1 aromatic carbocycles. The standard InChI is InChI=1S/C14H15FN2O2/c15-13-4-2-1-3-11(13)10-19-8-7-17-9-12(16)5-6-14(17)18/h1-6,9H,7-8,10,16H2. The van der Waals surface area contributed by atoms with Crippen molar-refractivity contribution in [3.05, 3.63) is 64.3 Å². The minimum absolute atomic E-state index is 0.135. The van der Waals surface area contributed by atoms with Crippen molar-refractivity contribution in [3.8, 4) is 0 Å². The van der Waals surface area contributed by atoms with E-state index in [4.69, 9.17) is 10.5 Å². The predicted octanol–water partition coefficient (Wildman–Crippen LogP) is 1.79. The highest BCUT2D eigenvalue weighted by molar-refractivity contribution is 5.33. The van der Waals surface area contributed by atoms with Crippen LogP contribution in [0.15, 0.2) is 47.4 Å². The molecule has 0 amide bonds. The number of nitrogen functional groups attached to an aromatic ring is 1. The van der Waals surface area contributed by atoms with Crippen LogP contribution >= 0.6 is 0 Å². The Kier molecular flexibility index (Phi) is 4.30. The number of hydrogen-bond donors (Lipinski definition) is 1. The number of rotatable bonds is 5. The summed E-state index contributed by atoms with van der Waals surface area (Å²) in [6, 6.07) is 9.41. The monoisotopic (exact) mass is 262 g/mol. The van der Waals surface area contributed by atoms with E-state index in [1.54, 1.807) is 30.5 Å². The molecule has 0 aliphatic heterocycles. The van der Waals surface area contributed by atoms with Gasteiger partial charge in [0.05, 0.1) is 13.2 Å². The van der Waals surface area contributed by atoms with Gasteiger partial charge >= 0.3 is 0 Å². The molecule has 1 heterocycles. The maximum Gasteiger partial charge on any atom is 0.250 e. The Morgan fingerprint density at radius 2 is 2.00 bits per heavy atom. The van der Waals surface area contributed by atoms with Crippen molar-refractivity contribution >= 4 is 5.69 Å². The van der Waals surface area contributed by atoms with Crippen molar-refractivity contribution in [3.63, 3.8) is 0 Å². The van der Waals surface area contributed by atoms with Gasteiger partial charge in [0.1, 0.15) is 5.82 Å². The summed E-state index contributed by atoms with van der Waals surface area (Å²) in [4.78, 5) is 11.5. The molecule has 0 fully saturated rings. The quantitative estimate of drug-likeness (QED) is 0.836. The van der Waals surface area contributed by atoms with Gasteiger partial charge in [-0.25, -0.2) is 4.39 Å². The Morgan fingerprint density at radius 3 is 2.79 bits per heavy atom. The largest absolute Gasteiger partial charge is 0.398 e. The number of hydrogen-bond acceptors (Lipinski definition) is 3. The highest BCUT2D eigenvalue weighted by Gasteiger charge is 2.01. The van der Waals surface area contributed by atoms with Crippen molar-refractivity contribution in [2.45, 2.75) is 13.2 Å². The second kappa shape index (κ2) is 6.15. The fourth-order valence-electron chi connectivity index (χ4n) is 1.69. The molecule has 0 radical (unpaired) electrons. The molecule has 2 N–H and O–H groups in total. The first kappa shape index (κ1) is 13.3. The number of anilines is 1. The molecule has 0 aliphatic rings. The average Bonchev–Trinajstić information content (AvgIpc) is 2.40. The minimum atomic E-state index is -0.288.